The highest BCUT2D eigenvalue weighted by atomic mass is 32.2. The zero-order valence-electron chi connectivity index (χ0n) is 11.9. The van der Waals surface area contributed by atoms with Gasteiger partial charge in [-0.3, -0.25) is 0 Å². The van der Waals surface area contributed by atoms with Crippen molar-refractivity contribution in [3.05, 3.63) is 0 Å². The highest BCUT2D eigenvalue weighted by Gasteiger charge is 2.28. The van der Waals surface area contributed by atoms with E-state index in [1.54, 1.807) is 4.31 Å². The molecule has 0 aliphatic carbocycles. The molecule has 108 valence electrons. The molecule has 2 N–H and O–H groups in total. The summed E-state index contributed by atoms with van der Waals surface area (Å²) in [5.74, 6) is 0.421. The Morgan fingerprint density at radius 3 is 2.44 bits per heavy atom. The van der Waals surface area contributed by atoms with Crippen LogP contribution < -0.4 is 10.0 Å². The van der Waals surface area contributed by atoms with Crippen molar-refractivity contribution in [2.24, 2.45) is 5.92 Å². The van der Waals surface area contributed by atoms with E-state index in [-0.39, 0.29) is 12.1 Å². The lowest BCUT2D eigenvalue weighted by Crippen LogP contribution is -2.50. The average molecular weight is 277 g/mol. The molecule has 0 amide bonds. The van der Waals surface area contributed by atoms with Gasteiger partial charge in [0.25, 0.3) is 10.2 Å². The van der Waals surface area contributed by atoms with Crippen molar-refractivity contribution >= 4 is 10.2 Å². The summed E-state index contributed by atoms with van der Waals surface area (Å²) in [4.78, 5) is 0. The van der Waals surface area contributed by atoms with Gasteiger partial charge < -0.3 is 5.32 Å². The predicted molar refractivity (Wildman–Crippen MR) is 74.6 cm³/mol. The van der Waals surface area contributed by atoms with Gasteiger partial charge in [-0.15, -0.1) is 0 Å². The minimum Gasteiger partial charge on any atom is -0.316 e. The third kappa shape index (κ3) is 4.84. The average Bonchev–Trinajstić information content (AvgIpc) is 2.25. The minimum absolute atomic E-state index is 0.0109. The van der Waals surface area contributed by atoms with Crippen molar-refractivity contribution in [2.45, 2.75) is 52.6 Å². The first-order chi connectivity index (χ1) is 8.33. The molecule has 6 heteroatoms. The summed E-state index contributed by atoms with van der Waals surface area (Å²) in [5, 5.41) is 3.33. The van der Waals surface area contributed by atoms with Gasteiger partial charge in [-0.05, 0) is 59.5 Å². The summed E-state index contributed by atoms with van der Waals surface area (Å²) < 4.78 is 28.8. The van der Waals surface area contributed by atoms with Gasteiger partial charge in [-0.25, -0.2) is 0 Å². The van der Waals surface area contributed by atoms with Crippen LogP contribution in [0.2, 0.25) is 0 Å². The van der Waals surface area contributed by atoms with Gasteiger partial charge in [0.2, 0.25) is 0 Å². The molecule has 1 saturated heterocycles. The highest BCUT2D eigenvalue weighted by molar-refractivity contribution is 7.87. The Labute approximate surface area is 112 Å². The first-order valence-corrected chi connectivity index (χ1v) is 8.26. The summed E-state index contributed by atoms with van der Waals surface area (Å²) in [6.07, 6.45) is 2.24. The van der Waals surface area contributed by atoms with Crippen molar-refractivity contribution in [3.63, 3.8) is 0 Å². The molecule has 0 saturated carbocycles. The Morgan fingerprint density at radius 1 is 1.33 bits per heavy atom. The zero-order valence-corrected chi connectivity index (χ0v) is 12.8. The summed E-state index contributed by atoms with van der Waals surface area (Å²) in [6.45, 7) is 10.1. The van der Waals surface area contributed by atoms with Gasteiger partial charge in [0.15, 0.2) is 0 Å². The summed E-state index contributed by atoms with van der Waals surface area (Å²) in [6, 6.07) is -0.0797. The maximum atomic E-state index is 12.3. The Balaban J connectivity index is 2.69. The molecule has 0 aromatic rings. The largest absolute Gasteiger partial charge is 0.316 e. The monoisotopic (exact) mass is 277 g/mol. The van der Waals surface area contributed by atoms with E-state index in [4.69, 9.17) is 0 Å². The highest BCUT2D eigenvalue weighted by Crippen LogP contribution is 2.16. The quantitative estimate of drug-likeness (QED) is 0.759. The van der Waals surface area contributed by atoms with Crippen molar-refractivity contribution in [1.82, 2.24) is 14.3 Å². The summed E-state index contributed by atoms with van der Waals surface area (Å²) in [7, 11) is -3.36. The molecule has 1 atom stereocenters. The fraction of sp³-hybridized carbons (Fsp3) is 1.00. The van der Waals surface area contributed by atoms with Gasteiger partial charge in [-0.2, -0.15) is 17.4 Å². The molecule has 1 aliphatic heterocycles. The van der Waals surface area contributed by atoms with Crippen LogP contribution in [-0.4, -0.2) is 44.4 Å². The molecule has 0 aromatic heterocycles. The second kappa shape index (κ2) is 6.84. The molecule has 5 nitrogen and oxygen atoms in total. The van der Waals surface area contributed by atoms with Crippen LogP contribution in [-0.2, 0) is 10.2 Å². The molecule has 0 spiro atoms. The van der Waals surface area contributed by atoms with Gasteiger partial charge in [-0.1, -0.05) is 0 Å². The van der Waals surface area contributed by atoms with E-state index in [9.17, 15) is 8.42 Å². The maximum absolute atomic E-state index is 12.3. The zero-order chi connectivity index (χ0) is 13.8. The van der Waals surface area contributed by atoms with E-state index in [0.717, 1.165) is 25.9 Å². The van der Waals surface area contributed by atoms with E-state index in [2.05, 4.69) is 10.0 Å². The lowest BCUT2D eigenvalue weighted by molar-refractivity contribution is 0.260. The van der Waals surface area contributed by atoms with Crippen molar-refractivity contribution in [2.75, 3.05) is 19.6 Å². The standard InChI is InChI=1S/C12H27N3O2S/c1-10(2)14-18(16,17)15(11(3)4)9-12-6-5-7-13-8-12/h10-14H,5-9H2,1-4H3. The van der Waals surface area contributed by atoms with Crippen LogP contribution >= 0.6 is 0 Å². The van der Waals surface area contributed by atoms with Crippen LogP contribution in [0.4, 0.5) is 0 Å². The Bertz CT molecular complexity index is 335. The molecule has 1 unspecified atom stereocenters. The molecule has 18 heavy (non-hydrogen) atoms. The van der Waals surface area contributed by atoms with E-state index in [1.165, 1.54) is 0 Å². The second-order valence-corrected chi connectivity index (χ2v) is 7.31. The Morgan fingerprint density at radius 2 is 2.00 bits per heavy atom. The van der Waals surface area contributed by atoms with E-state index in [0.29, 0.717) is 12.5 Å². The third-order valence-electron chi connectivity index (χ3n) is 3.11. The summed E-state index contributed by atoms with van der Waals surface area (Å²) >= 11 is 0. The van der Waals surface area contributed by atoms with Crippen LogP contribution in [0.25, 0.3) is 0 Å². The topological polar surface area (TPSA) is 61.4 Å². The number of nitrogens with one attached hydrogen (secondary N) is 2. The molecular formula is C12H27N3O2S. The number of hydrogen-bond acceptors (Lipinski definition) is 3. The lowest BCUT2D eigenvalue weighted by atomic mass is 9.99. The maximum Gasteiger partial charge on any atom is 0.279 e. The van der Waals surface area contributed by atoms with Gasteiger partial charge in [0.05, 0.1) is 0 Å². The lowest BCUT2D eigenvalue weighted by Gasteiger charge is -2.32. The number of hydrogen-bond donors (Lipinski definition) is 2. The molecule has 1 rings (SSSR count). The van der Waals surface area contributed by atoms with Crippen LogP contribution in [0.15, 0.2) is 0 Å². The number of nitrogens with zero attached hydrogens (tertiary/aromatic N) is 1. The normalized spacial score (nSPS) is 22.1. The van der Waals surface area contributed by atoms with Crippen LogP contribution in [0.3, 0.4) is 0 Å². The molecule has 0 aromatic carbocycles. The molecular weight excluding hydrogens is 250 g/mol. The van der Waals surface area contributed by atoms with E-state index in [1.807, 2.05) is 27.7 Å². The minimum atomic E-state index is -3.36. The third-order valence-corrected chi connectivity index (χ3v) is 5.06. The van der Waals surface area contributed by atoms with E-state index >= 15 is 0 Å². The fourth-order valence-corrected chi connectivity index (χ4v) is 3.98. The Hall–Kier alpha value is -0.170. The van der Waals surface area contributed by atoms with Crippen LogP contribution in [0.5, 0.6) is 0 Å². The first kappa shape index (κ1) is 15.9. The second-order valence-electron chi connectivity index (χ2n) is 5.65. The van der Waals surface area contributed by atoms with Gasteiger partial charge >= 0.3 is 0 Å². The molecule has 1 fully saturated rings. The first-order valence-electron chi connectivity index (χ1n) is 6.82. The fourth-order valence-electron chi connectivity index (χ4n) is 2.29. The van der Waals surface area contributed by atoms with Crippen LogP contribution in [0, 0.1) is 5.92 Å². The number of rotatable bonds is 6. The van der Waals surface area contributed by atoms with Crippen LogP contribution in [0.1, 0.15) is 40.5 Å². The predicted octanol–water partition coefficient (Wildman–Crippen LogP) is 0.939. The Kier molecular flexibility index (Phi) is 6.04. The molecule has 1 aliphatic rings. The van der Waals surface area contributed by atoms with Gasteiger partial charge in [0, 0.05) is 18.6 Å². The van der Waals surface area contributed by atoms with Crippen molar-refractivity contribution in [1.29, 1.82) is 0 Å². The van der Waals surface area contributed by atoms with Gasteiger partial charge in [0.1, 0.15) is 0 Å². The van der Waals surface area contributed by atoms with Crippen molar-refractivity contribution < 1.29 is 8.42 Å². The van der Waals surface area contributed by atoms with Crippen molar-refractivity contribution in [3.8, 4) is 0 Å². The smallest absolute Gasteiger partial charge is 0.279 e. The van der Waals surface area contributed by atoms with E-state index < -0.39 is 10.2 Å². The molecule has 1 heterocycles. The molecule has 0 radical (unpaired) electrons. The molecule has 0 bridgehead atoms. The SMILES string of the molecule is CC(C)NS(=O)(=O)N(CC1CCCNC1)C(C)C. The number of piperidine rings is 1. The summed E-state index contributed by atoms with van der Waals surface area (Å²) in [5.41, 5.74) is 0.